The number of aliphatic hydroxyl groups excluding tert-OH is 1. The van der Waals surface area contributed by atoms with Gasteiger partial charge in [0.25, 0.3) is 0 Å². The zero-order valence-electron chi connectivity index (χ0n) is 9.86. The van der Waals surface area contributed by atoms with Crippen LogP contribution in [0.25, 0.3) is 11.2 Å². The Morgan fingerprint density at radius 2 is 2.33 bits per heavy atom. The zero-order valence-corrected chi connectivity index (χ0v) is 9.86. The van der Waals surface area contributed by atoms with Crippen LogP contribution in [0.1, 0.15) is 18.9 Å². The van der Waals surface area contributed by atoms with E-state index < -0.39 is 0 Å². The number of aromatic nitrogens is 4. The maximum absolute atomic E-state index is 9.05. The quantitative estimate of drug-likeness (QED) is 0.801. The van der Waals surface area contributed by atoms with Crippen LogP contribution in [-0.4, -0.2) is 43.9 Å². The van der Waals surface area contributed by atoms with E-state index >= 15 is 0 Å². The summed E-state index contributed by atoms with van der Waals surface area (Å²) in [6, 6.07) is 0.149. The number of imidazole rings is 1. The van der Waals surface area contributed by atoms with Crippen LogP contribution in [0.4, 0.5) is 5.82 Å². The minimum Gasteiger partial charge on any atom is -0.396 e. The topological polar surface area (TPSA) is 99.1 Å². The maximum atomic E-state index is 9.05. The third kappa shape index (κ3) is 1.72. The summed E-state index contributed by atoms with van der Waals surface area (Å²) in [6.45, 7) is 0.806. The van der Waals surface area contributed by atoms with Gasteiger partial charge >= 0.3 is 0 Å². The monoisotopic (exact) mass is 249 g/mol. The van der Waals surface area contributed by atoms with Crippen molar-refractivity contribution in [3.8, 4) is 0 Å². The number of fused-ring (bicyclic) bond motifs is 1. The normalized spacial score (nSPS) is 23.8. The van der Waals surface area contributed by atoms with Crippen molar-refractivity contribution in [2.75, 3.05) is 18.9 Å². The molecule has 3 heterocycles. The Morgan fingerprint density at radius 1 is 1.44 bits per heavy atom. The highest BCUT2D eigenvalue weighted by molar-refractivity contribution is 5.81. The molecule has 2 atom stereocenters. The first-order chi connectivity index (χ1) is 8.81. The number of ether oxygens (including phenoxy) is 1. The van der Waals surface area contributed by atoms with Gasteiger partial charge in [-0.15, -0.1) is 0 Å². The Bertz CT molecular complexity index is 555. The van der Waals surface area contributed by atoms with E-state index in [1.807, 2.05) is 4.57 Å². The third-order valence-corrected chi connectivity index (χ3v) is 3.33. The first-order valence-corrected chi connectivity index (χ1v) is 5.96. The molecule has 1 aliphatic heterocycles. The fourth-order valence-electron chi connectivity index (χ4n) is 2.47. The van der Waals surface area contributed by atoms with Crippen molar-refractivity contribution in [3.05, 3.63) is 12.7 Å². The Hall–Kier alpha value is -1.73. The van der Waals surface area contributed by atoms with E-state index in [0.717, 1.165) is 12.1 Å². The van der Waals surface area contributed by atoms with Gasteiger partial charge in [0.1, 0.15) is 11.8 Å². The Morgan fingerprint density at radius 3 is 3.17 bits per heavy atom. The molecule has 0 spiro atoms. The van der Waals surface area contributed by atoms with Crippen molar-refractivity contribution < 1.29 is 9.84 Å². The lowest BCUT2D eigenvalue weighted by Gasteiger charge is -2.19. The standard InChI is InChI=1S/C11H15N5O2/c12-10-9-11(14-5-13-10)16(6-15-9)7-2-4-18-8(7)1-3-17/h5-8,17H,1-4H2,(H2,12,13,14)/t7-,8+/m1/s1. The lowest BCUT2D eigenvalue weighted by atomic mass is 10.1. The number of nitrogen functional groups attached to an aromatic ring is 1. The number of rotatable bonds is 3. The molecule has 2 aromatic rings. The van der Waals surface area contributed by atoms with Gasteiger partial charge in [-0.3, -0.25) is 0 Å². The minimum atomic E-state index is 0.00332. The largest absolute Gasteiger partial charge is 0.396 e. The van der Waals surface area contributed by atoms with Crippen molar-refractivity contribution in [2.24, 2.45) is 0 Å². The predicted octanol–water partition coefficient (Wildman–Crippen LogP) is 0.121. The molecule has 3 N–H and O–H groups in total. The lowest BCUT2D eigenvalue weighted by molar-refractivity contribution is 0.0699. The molecule has 18 heavy (non-hydrogen) atoms. The van der Waals surface area contributed by atoms with E-state index in [4.69, 9.17) is 15.6 Å². The molecule has 0 saturated carbocycles. The highest BCUT2D eigenvalue weighted by atomic mass is 16.5. The number of nitrogens with two attached hydrogens (primary N) is 1. The minimum absolute atomic E-state index is 0.00332. The van der Waals surface area contributed by atoms with Gasteiger partial charge < -0.3 is 20.1 Å². The SMILES string of the molecule is Nc1ncnc2c1ncn2[C@@H]1CCO[C@H]1CCO. The molecule has 0 radical (unpaired) electrons. The molecule has 7 nitrogen and oxygen atoms in total. The molecular weight excluding hydrogens is 234 g/mol. The highest BCUT2D eigenvalue weighted by Gasteiger charge is 2.30. The molecule has 0 amide bonds. The Balaban J connectivity index is 2.01. The molecule has 0 aromatic carbocycles. The second-order valence-corrected chi connectivity index (χ2v) is 4.36. The number of hydrogen-bond acceptors (Lipinski definition) is 6. The molecule has 1 aliphatic rings. The van der Waals surface area contributed by atoms with Crippen molar-refractivity contribution in [1.82, 2.24) is 19.5 Å². The smallest absolute Gasteiger partial charge is 0.165 e. The summed E-state index contributed by atoms with van der Waals surface area (Å²) in [5.74, 6) is 0.386. The Labute approximate surface area is 104 Å². The van der Waals surface area contributed by atoms with Crippen LogP contribution in [0.2, 0.25) is 0 Å². The maximum Gasteiger partial charge on any atom is 0.165 e. The molecular formula is C11H15N5O2. The fraction of sp³-hybridized carbons (Fsp3) is 0.545. The second kappa shape index (κ2) is 4.51. The summed E-state index contributed by atoms with van der Waals surface area (Å²) in [5, 5.41) is 9.05. The fourth-order valence-corrected chi connectivity index (χ4v) is 2.47. The first kappa shape index (κ1) is 11.4. The Kier molecular flexibility index (Phi) is 2.85. The van der Waals surface area contributed by atoms with Crippen molar-refractivity contribution in [3.63, 3.8) is 0 Å². The van der Waals surface area contributed by atoms with Crippen LogP contribution >= 0.6 is 0 Å². The summed E-state index contributed by atoms with van der Waals surface area (Å²) in [4.78, 5) is 12.4. The summed E-state index contributed by atoms with van der Waals surface area (Å²) in [6.07, 6.45) is 4.67. The number of hydrogen-bond donors (Lipinski definition) is 2. The van der Waals surface area contributed by atoms with Crippen molar-refractivity contribution in [2.45, 2.75) is 25.0 Å². The van der Waals surface area contributed by atoms with Crippen LogP contribution < -0.4 is 5.73 Å². The van der Waals surface area contributed by atoms with E-state index in [-0.39, 0.29) is 18.8 Å². The number of aliphatic hydroxyl groups is 1. The van der Waals surface area contributed by atoms with Crippen LogP contribution in [0.3, 0.4) is 0 Å². The van der Waals surface area contributed by atoms with Crippen LogP contribution in [0, 0.1) is 0 Å². The molecule has 96 valence electrons. The first-order valence-electron chi connectivity index (χ1n) is 5.96. The van der Waals surface area contributed by atoms with Gasteiger partial charge in [0, 0.05) is 13.2 Å². The molecule has 7 heteroatoms. The molecule has 0 unspecified atom stereocenters. The van der Waals surface area contributed by atoms with Gasteiger partial charge in [-0.2, -0.15) is 0 Å². The van der Waals surface area contributed by atoms with Gasteiger partial charge in [0.2, 0.25) is 0 Å². The van der Waals surface area contributed by atoms with E-state index in [9.17, 15) is 0 Å². The van der Waals surface area contributed by atoms with Gasteiger partial charge in [-0.05, 0) is 12.8 Å². The van der Waals surface area contributed by atoms with Gasteiger partial charge in [-0.25, -0.2) is 15.0 Å². The van der Waals surface area contributed by atoms with Crippen LogP contribution in [-0.2, 0) is 4.74 Å². The molecule has 0 bridgehead atoms. The van der Waals surface area contributed by atoms with Gasteiger partial charge in [0.05, 0.1) is 18.5 Å². The predicted molar refractivity (Wildman–Crippen MR) is 64.8 cm³/mol. The summed E-state index contributed by atoms with van der Waals surface area (Å²) >= 11 is 0. The van der Waals surface area contributed by atoms with E-state index in [2.05, 4.69) is 15.0 Å². The molecule has 3 rings (SSSR count). The average molecular weight is 249 g/mol. The summed E-state index contributed by atoms with van der Waals surface area (Å²) in [7, 11) is 0. The molecule has 1 fully saturated rings. The van der Waals surface area contributed by atoms with Crippen LogP contribution in [0.5, 0.6) is 0 Å². The number of anilines is 1. The second-order valence-electron chi connectivity index (χ2n) is 4.36. The van der Waals surface area contributed by atoms with E-state index in [1.54, 1.807) is 6.33 Å². The number of nitrogens with zero attached hydrogens (tertiary/aromatic N) is 4. The highest BCUT2D eigenvalue weighted by Crippen LogP contribution is 2.30. The van der Waals surface area contributed by atoms with Gasteiger partial charge in [0.15, 0.2) is 11.5 Å². The summed E-state index contributed by atoms with van der Waals surface area (Å²) < 4.78 is 7.60. The molecule has 2 aromatic heterocycles. The van der Waals surface area contributed by atoms with Crippen molar-refractivity contribution >= 4 is 17.0 Å². The lowest BCUT2D eigenvalue weighted by Crippen LogP contribution is -2.21. The van der Waals surface area contributed by atoms with Crippen LogP contribution in [0.15, 0.2) is 12.7 Å². The van der Waals surface area contributed by atoms with E-state index in [1.165, 1.54) is 6.33 Å². The zero-order chi connectivity index (χ0) is 12.5. The van der Waals surface area contributed by atoms with E-state index in [0.29, 0.717) is 24.4 Å². The average Bonchev–Trinajstić information content (AvgIpc) is 2.96. The summed E-state index contributed by atoms with van der Waals surface area (Å²) in [5.41, 5.74) is 7.10. The third-order valence-electron chi connectivity index (χ3n) is 3.33. The molecule has 1 saturated heterocycles. The molecule has 0 aliphatic carbocycles. The van der Waals surface area contributed by atoms with Gasteiger partial charge in [-0.1, -0.05) is 0 Å². The van der Waals surface area contributed by atoms with Crippen molar-refractivity contribution in [1.29, 1.82) is 0 Å².